The predicted octanol–water partition coefficient (Wildman–Crippen LogP) is 3.98. The van der Waals surface area contributed by atoms with E-state index < -0.39 is 0 Å². The fourth-order valence-corrected chi connectivity index (χ4v) is 4.77. The van der Waals surface area contributed by atoms with Gasteiger partial charge in [-0.05, 0) is 44.2 Å². The van der Waals surface area contributed by atoms with Crippen LogP contribution in [-0.2, 0) is 14.9 Å². The van der Waals surface area contributed by atoms with Gasteiger partial charge in [0, 0.05) is 18.0 Å². The first kappa shape index (κ1) is 16.0. The van der Waals surface area contributed by atoms with E-state index in [0.29, 0.717) is 0 Å². The first-order chi connectivity index (χ1) is 10.7. The molecular formula is C18H27NO2S. The van der Waals surface area contributed by atoms with Gasteiger partial charge >= 0.3 is 5.97 Å². The van der Waals surface area contributed by atoms with Gasteiger partial charge in [-0.15, -0.1) is 11.3 Å². The third-order valence-corrected chi connectivity index (χ3v) is 6.35. The quantitative estimate of drug-likeness (QED) is 0.623. The second-order valence-corrected chi connectivity index (χ2v) is 7.83. The molecule has 0 aromatic carbocycles. The van der Waals surface area contributed by atoms with Crippen LogP contribution in [0, 0.1) is 0 Å². The molecule has 2 aliphatic rings. The summed E-state index contributed by atoms with van der Waals surface area (Å²) in [7, 11) is 2.14. The first-order valence-corrected chi connectivity index (χ1v) is 9.52. The Kier molecular flexibility index (Phi) is 5.19. The van der Waals surface area contributed by atoms with Crippen molar-refractivity contribution in [3.05, 3.63) is 22.4 Å². The molecule has 0 N–H and O–H groups in total. The van der Waals surface area contributed by atoms with Crippen LogP contribution in [-0.4, -0.2) is 37.1 Å². The predicted molar refractivity (Wildman–Crippen MR) is 90.3 cm³/mol. The lowest BCUT2D eigenvalue weighted by Crippen LogP contribution is -2.41. The van der Waals surface area contributed by atoms with Gasteiger partial charge in [0.2, 0.25) is 0 Å². The van der Waals surface area contributed by atoms with Crippen LogP contribution in [0.1, 0.15) is 56.2 Å². The van der Waals surface area contributed by atoms with E-state index in [-0.39, 0.29) is 17.5 Å². The molecule has 4 heteroatoms. The Hall–Kier alpha value is -0.870. The molecule has 0 atom stereocenters. The minimum atomic E-state index is -0.367. The number of thiophene rings is 1. The van der Waals surface area contributed by atoms with Gasteiger partial charge < -0.3 is 9.64 Å². The summed E-state index contributed by atoms with van der Waals surface area (Å²) >= 11 is 1.72. The highest BCUT2D eigenvalue weighted by Crippen LogP contribution is 2.42. The number of carbonyl (C=O) groups is 1. The Labute approximate surface area is 137 Å². The van der Waals surface area contributed by atoms with E-state index in [1.807, 2.05) is 0 Å². The van der Waals surface area contributed by atoms with Crippen LogP contribution < -0.4 is 0 Å². The zero-order valence-electron chi connectivity index (χ0n) is 13.6. The molecule has 0 bridgehead atoms. The fraction of sp³-hybridized carbons (Fsp3) is 0.722. The average Bonchev–Trinajstić information content (AvgIpc) is 2.95. The fourth-order valence-electron chi connectivity index (χ4n) is 3.80. The van der Waals surface area contributed by atoms with Gasteiger partial charge in [-0.1, -0.05) is 31.7 Å². The van der Waals surface area contributed by atoms with Gasteiger partial charge in [0.15, 0.2) is 0 Å². The molecule has 0 radical (unpaired) electrons. The third-order valence-electron chi connectivity index (χ3n) is 5.28. The van der Waals surface area contributed by atoms with E-state index in [4.69, 9.17) is 4.74 Å². The van der Waals surface area contributed by atoms with E-state index >= 15 is 0 Å². The highest BCUT2D eigenvalue weighted by molar-refractivity contribution is 7.10. The average molecular weight is 321 g/mol. The van der Waals surface area contributed by atoms with Gasteiger partial charge in [0.05, 0.1) is 0 Å². The van der Waals surface area contributed by atoms with Crippen LogP contribution in [0.2, 0.25) is 0 Å². The molecular weight excluding hydrogens is 294 g/mol. The largest absolute Gasteiger partial charge is 0.462 e. The lowest BCUT2D eigenvalue weighted by molar-refractivity contribution is -0.159. The molecule has 1 saturated carbocycles. The Morgan fingerprint density at radius 3 is 2.50 bits per heavy atom. The first-order valence-electron chi connectivity index (χ1n) is 8.64. The van der Waals surface area contributed by atoms with Gasteiger partial charge in [0.1, 0.15) is 11.5 Å². The maximum Gasteiger partial charge on any atom is 0.317 e. The molecule has 1 aromatic rings. The van der Waals surface area contributed by atoms with E-state index in [0.717, 1.165) is 51.6 Å². The normalized spacial score (nSPS) is 23.9. The van der Waals surface area contributed by atoms with Crippen molar-refractivity contribution in [2.24, 2.45) is 0 Å². The minimum absolute atomic E-state index is 0.0476. The SMILES string of the molecule is CN1CCC(OC(=O)C2(c3cccs3)CCCCCC2)CC1. The van der Waals surface area contributed by atoms with Crippen LogP contribution >= 0.6 is 11.3 Å². The number of hydrogen-bond donors (Lipinski definition) is 0. The molecule has 0 spiro atoms. The van der Waals surface area contributed by atoms with Crippen molar-refractivity contribution in [2.75, 3.05) is 20.1 Å². The maximum absolute atomic E-state index is 13.1. The molecule has 1 aromatic heterocycles. The molecule has 1 aliphatic heterocycles. The molecule has 0 unspecified atom stereocenters. The summed E-state index contributed by atoms with van der Waals surface area (Å²) in [6.07, 6.45) is 8.75. The zero-order valence-corrected chi connectivity index (χ0v) is 14.4. The Bertz CT molecular complexity index is 469. The van der Waals surface area contributed by atoms with E-state index in [1.54, 1.807) is 11.3 Å². The van der Waals surface area contributed by atoms with Crippen LogP contribution in [0.25, 0.3) is 0 Å². The van der Waals surface area contributed by atoms with Gasteiger partial charge in [0.25, 0.3) is 0 Å². The standard InChI is InChI=1S/C18H27NO2S/c1-19-12-8-15(9-13-19)21-17(20)18(16-7-6-14-22-16)10-4-2-3-5-11-18/h6-7,14-15H,2-5,8-13H2,1H3. The van der Waals surface area contributed by atoms with Crippen molar-refractivity contribution in [3.63, 3.8) is 0 Å². The van der Waals surface area contributed by atoms with E-state index in [2.05, 4.69) is 29.5 Å². The summed E-state index contributed by atoms with van der Waals surface area (Å²) in [6, 6.07) is 4.20. The number of esters is 1. The number of likely N-dealkylation sites (tertiary alicyclic amines) is 1. The third kappa shape index (κ3) is 3.38. The highest BCUT2D eigenvalue weighted by Gasteiger charge is 2.43. The number of piperidine rings is 1. The lowest BCUT2D eigenvalue weighted by Gasteiger charge is -2.34. The lowest BCUT2D eigenvalue weighted by atomic mass is 9.79. The van der Waals surface area contributed by atoms with Crippen molar-refractivity contribution < 1.29 is 9.53 Å². The topological polar surface area (TPSA) is 29.5 Å². The molecule has 2 fully saturated rings. The van der Waals surface area contributed by atoms with E-state index in [9.17, 15) is 4.79 Å². The summed E-state index contributed by atoms with van der Waals surface area (Å²) in [5.74, 6) is 0.0476. The van der Waals surface area contributed by atoms with Crippen molar-refractivity contribution in [2.45, 2.75) is 62.9 Å². The molecule has 122 valence electrons. The van der Waals surface area contributed by atoms with Crippen LogP contribution in [0.15, 0.2) is 17.5 Å². The van der Waals surface area contributed by atoms with Gasteiger partial charge in [-0.2, -0.15) is 0 Å². The van der Waals surface area contributed by atoms with Crippen molar-refractivity contribution >= 4 is 17.3 Å². The monoisotopic (exact) mass is 321 g/mol. The summed E-state index contributed by atoms with van der Waals surface area (Å²) < 4.78 is 6.00. The second kappa shape index (κ2) is 7.14. The maximum atomic E-state index is 13.1. The molecule has 1 saturated heterocycles. The smallest absolute Gasteiger partial charge is 0.317 e. The zero-order chi connectivity index (χ0) is 15.4. The highest BCUT2D eigenvalue weighted by atomic mass is 32.1. The Morgan fingerprint density at radius 2 is 1.91 bits per heavy atom. The Balaban J connectivity index is 1.75. The number of hydrogen-bond acceptors (Lipinski definition) is 4. The number of rotatable bonds is 3. The summed E-state index contributed by atoms with van der Waals surface area (Å²) in [6.45, 7) is 2.06. The van der Waals surface area contributed by atoms with Crippen LogP contribution in [0.5, 0.6) is 0 Å². The van der Waals surface area contributed by atoms with Gasteiger partial charge in [-0.3, -0.25) is 4.79 Å². The van der Waals surface area contributed by atoms with E-state index in [1.165, 1.54) is 17.7 Å². The molecule has 3 nitrogen and oxygen atoms in total. The second-order valence-electron chi connectivity index (χ2n) is 6.88. The molecule has 22 heavy (non-hydrogen) atoms. The molecule has 1 aliphatic carbocycles. The number of nitrogens with zero attached hydrogens (tertiary/aromatic N) is 1. The number of ether oxygens (including phenoxy) is 1. The molecule has 3 rings (SSSR count). The summed E-state index contributed by atoms with van der Waals surface area (Å²) in [4.78, 5) is 16.6. The molecule has 0 amide bonds. The van der Waals surface area contributed by atoms with Crippen LogP contribution in [0.4, 0.5) is 0 Å². The summed E-state index contributed by atoms with van der Waals surface area (Å²) in [5, 5.41) is 2.09. The van der Waals surface area contributed by atoms with Gasteiger partial charge in [-0.25, -0.2) is 0 Å². The van der Waals surface area contributed by atoms with Crippen LogP contribution in [0.3, 0.4) is 0 Å². The van der Waals surface area contributed by atoms with Crippen molar-refractivity contribution in [1.29, 1.82) is 0 Å². The van der Waals surface area contributed by atoms with Crippen molar-refractivity contribution in [1.82, 2.24) is 4.90 Å². The van der Waals surface area contributed by atoms with Crippen molar-refractivity contribution in [3.8, 4) is 0 Å². The minimum Gasteiger partial charge on any atom is -0.462 e. The Morgan fingerprint density at radius 1 is 1.23 bits per heavy atom. The number of carbonyl (C=O) groups excluding carboxylic acids is 1. The summed E-state index contributed by atoms with van der Waals surface area (Å²) in [5.41, 5.74) is -0.367. The molecule has 2 heterocycles.